The average molecular weight is 227 g/mol. The largest absolute Gasteiger partial charge is 0.381 e. The molecule has 2 atom stereocenters. The highest BCUT2D eigenvalue weighted by atomic mass is 16.5. The molecule has 2 aliphatic heterocycles. The van der Waals surface area contributed by atoms with Gasteiger partial charge in [-0.25, -0.2) is 0 Å². The summed E-state index contributed by atoms with van der Waals surface area (Å²) in [6, 6.07) is 0. The molecule has 2 aliphatic rings. The zero-order valence-electron chi connectivity index (χ0n) is 10.8. The van der Waals surface area contributed by atoms with E-state index in [1.807, 2.05) is 0 Å². The fourth-order valence-electron chi connectivity index (χ4n) is 2.69. The Hall–Kier alpha value is -0.120. The van der Waals surface area contributed by atoms with Crippen molar-refractivity contribution in [2.24, 2.45) is 5.92 Å². The zero-order valence-corrected chi connectivity index (χ0v) is 10.8. The van der Waals surface area contributed by atoms with Crippen LogP contribution in [0, 0.1) is 5.92 Å². The van der Waals surface area contributed by atoms with Gasteiger partial charge in [0.2, 0.25) is 0 Å². The Morgan fingerprint density at radius 2 is 1.94 bits per heavy atom. The average Bonchev–Trinajstić information content (AvgIpc) is 2.44. The molecule has 0 bridgehead atoms. The number of rotatable bonds is 1. The SMILES string of the molecule is CC(C)C1(C)CNCC2(CCCOCC2)O1. The normalized spacial score (nSPS) is 41.2. The molecule has 0 amide bonds. The molecule has 1 N–H and O–H groups in total. The minimum Gasteiger partial charge on any atom is -0.381 e. The molecule has 3 nitrogen and oxygen atoms in total. The Morgan fingerprint density at radius 3 is 2.69 bits per heavy atom. The molecule has 2 rings (SSSR count). The Labute approximate surface area is 98.9 Å². The van der Waals surface area contributed by atoms with Gasteiger partial charge in [0.25, 0.3) is 0 Å². The molecular formula is C13H25NO2. The third kappa shape index (κ3) is 2.41. The highest BCUT2D eigenvalue weighted by Crippen LogP contribution is 2.36. The highest BCUT2D eigenvalue weighted by Gasteiger charge is 2.44. The molecular weight excluding hydrogens is 202 g/mol. The van der Waals surface area contributed by atoms with E-state index in [0.717, 1.165) is 45.6 Å². The van der Waals surface area contributed by atoms with Crippen LogP contribution >= 0.6 is 0 Å². The topological polar surface area (TPSA) is 30.5 Å². The summed E-state index contributed by atoms with van der Waals surface area (Å²) in [4.78, 5) is 0. The van der Waals surface area contributed by atoms with Crippen molar-refractivity contribution < 1.29 is 9.47 Å². The van der Waals surface area contributed by atoms with Gasteiger partial charge in [0.05, 0.1) is 11.2 Å². The lowest BCUT2D eigenvalue weighted by Crippen LogP contribution is -2.61. The molecule has 2 fully saturated rings. The predicted octanol–water partition coefficient (Wildman–Crippen LogP) is 1.96. The first-order valence-electron chi connectivity index (χ1n) is 6.55. The Kier molecular flexibility index (Phi) is 3.57. The monoisotopic (exact) mass is 227 g/mol. The van der Waals surface area contributed by atoms with Crippen molar-refractivity contribution in [2.45, 2.75) is 51.2 Å². The molecule has 1 spiro atoms. The fourth-order valence-corrected chi connectivity index (χ4v) is 2.69. The van der Waals surface area contributed by atoms with Crippen LogP contribution in [0.1, 0.15) is 40.0 Å². The van der Waals surface area contributed by atoms with Gasteiger partial charge in [0, 0.05) is 32.7 Å². The van der Waals surface area contributed by atoms with Crippen LogP contribution in [0.5, 0.6) is 0 Å². The second-order valence-corrected chi connectivity index (χ2v) is 5.82. The molecule has 0 radical (unpaired) electrons. The van der Waals surface area contributed by atoms with Gasteiger partial charge >= 0.3 is 0 Å². The van der Waals surface area contributed by atoms with Crippen LogP contribution in [-0.4, -0.2) is 37.5 Å². The summed E-state index contributed by atoms with van der Waals surface area (Å²) in [6.07, 6.45) is 3.28. The Bertz CT molecular complexity index is 234. The maximum absolute atomic E-state index is 6.50. The lowest BCUT2D eigenvalue weighted by molar-refractivity contribution is -0.194. The van der Waals surface area contributed by atoms with E-state index in [9.17, 15) is 0 Å². The maximum Gasteiger partial charge on any atom is 0.0837 e. The van der Waals surface area contributed by atoms with Gasteiger partial charge in [-0.05, 0) is 25.7 Å². The van der Waals surface area contributed by atoms with Crippen molar-refractivity contribution in [1.82, 2.24) is 5.32 Å². The summed E-state index contributed by atoms with van der Waals surface area (Å²) in [6.45, 7) is 10.4. The number of hydrogen-bond donors (Lipinski definition) is 1. The van der Waals surface area contributed by atoms with Crippen LogP contribution in [0.2, 0.25) is 0 Å². The third-order valence-corrected chi connectivity index (χ3v) is 4.22. The summed E-state index contributed by atoms with van der Waals surface area (Å²) in [7, 11) is 0. The Balaban J connectivity index is 2.09. The van der Waals surface area contributed by atoms with E-state index in [-0.39, 0.29) is 11.2 Å². The van der Waals surface area contributed by atoms with Gasteiger partial charge in [0.1, 0.15) is 0 Å². The van der Waals surface area contributed by atoms with Crippen molar-refractivity contribution >= 4 is 0 Å². The van der Waals surface area contributed by atoms with E-state index >= 15 is 0 Å². The zero-order chi connectivity index (χ0) is 11.6. The summed E-state index contributed by atoms with van der Waals surface area (Å²) in [5.41, 5.74) is -0.00361. The van der Waals surface area contributed by atoms with Crippen LogP contribution in [0.25, 0.3) is 0 Å². The summed E-state index contributed by atoms with van der Waals surface area (Å²) >= 11 is 0. The molecule has 94 valence electrons. The molecule has 0 aromatic heterocycles. The first-order chi connectivity index (χ1) is 7.56. The van der Waals surface area contributed by atoms with E-state index in [1.165, 1.54) is 0 Å². The number of morpholine rings is 1. The van der Waals surface area contributed by atoms with E-state index in [1.54, 1.807) is 0 Å². The lowest BCUT2D eigenvalue weighted by Gasteiger charge is -2.49. The number of ether oxygens (including phenoxy) is 2. The molecule has 3 heteroatoms. The fraction of sp³-hybridized carbons (Fsp3) is 1.00. The highest BCUT2D eigenvalue weighted by molar-refractivity contribution is 4.96. The first-order valence-corrected chi connectivity index (χ1v) is 6.55. The summed E-state index contributed by atoms with van der Waals surface area (Å²) in [5, 5.41) is 3.56. The summed E-state index contributed by atoms with van der Waals surface area (Å²) < 4.78 is 12.0. The predicted molar refractivity (Wildman–Crippen MR) is 64.6 cm³/mol. The van der Waals surface area contributed by atoms with Gasteiger partial charge in [-0.1, -0.05) is 13.8 Å². The van der Waals surface area contributed by atoms with Crippen molar-refractivity contribution in [3.8, 4) is 0 Å². The van der Waals surface area contributed by atoms with E-state index in [2.05, 4.69) is 26.1 Å². The molecule has 16 heavy (non-hydrogen) atoms. The second-order valence-electron chi connectivity index (χ2n) is 5.82. The van der Waals surface area contributed by atoms with Crippen LogP contribution in [-0.2, 0) is 9.47 Å². The standard InChI is InChI=1S/C13H25NO2/c1-11(2)12(3)9-14-10-13(16-12)5-4-7-15-8-6-13/h11,14H,4-10H2,1-3H3. The van der Waals surface area contributed by atoms with Gasteiger partial charge in [-0.2, -0.15) is 0 Å². The van der Waals surface area contributed by atoms with Crippen molar-refractivity contribution in [3.05, 3.63) is 0 Å². The van der Waals surface area contributed by atoms with Gasteiger partial charge in [-0.15, -0.1) is 0 Å². The van der Waals surface area contributed by atoms with Crippen LogP contribution in [0.4, 0.5) is 0 Å². The smallest absolute Gasteiger partial charge is 0.0837 e. The Morgan fingerprint density at radius 1 is 1.12 bits per heavy atom. The van der Waals surface area contributed by atoms with Crippen LogP contribution < -0.4 is 5.32 Å². The minimum absolute atomic E-state index is 0.0216. The van der Waals surface area contributed by atoms with Gasteiger partial charge < -0.3 is 14.8 Å². The van der Waals surface area contributed by atoms with Crippen molar-refractivity contribution in [2.75, 3.05) is 26.3 Å². The van der Waals surface area contributed by atoms with Crippen molar-refractivity contribution in [3.63, 3.8) is 0 Å². The van der Waals surface area contributed by atoms with E-state index in [0.29, 0.717) is 5.92 Å². The van der Waals surface area contributed by atoms with E-state index < -0.39 is 0 Å². The molecule has 0 saturated carbocycles. The van der Waals surface area contributed by atoms with Crippen LogP contribution in [0.3, 0.4) is 0 Å². The molecule has 0 aromatic rings. The van der Waals surface area contributed by atoms with E-state index in [4.69, 9.17) is 9.47 Å². The van der Waals surface area contributed by atoms with Gasteiger partial charge in [0.15, 0.2) is 0 Å². The van der Waals surface area contributed by atoms with Gasteiger partial charge in [-0.3, -0.25) is 0 Å². The molecule has 0 aromatic carbocycles. The summed E-state index contributed by atoms with van der Waals surface area (Å²) in [5.74, 6) is 0.543. The molecule has 2 unspecified atom stereocenters. The lowest BCUT2D eigenvalue weighted by atomic mass is 9.85. The number of hydrogen-bond acceptors (Lipinski definition) is 3. The quantitative estimate of drug-likeness (QED) is 0.743. The minimum atomic E-state index is -0.0252. The molecule has 2 heterocycles. The first kappa shape index (κ1) is 12.3. The van der Waals surface area contributed by atoms with Crippen LogP contribution in [0.15, 0.2) is 0 Å². The molecule has 0 aliphatic carbocycles. The van der Waals surface area contributed by atoms with Crippen molar-refractivity contribution in [1.29, 1.82) is 0 Å². The second kappa shape index (κ2) is 4.63. The number of nitrogens with one attached hydrogen (secondary N) is 1. The maximum atomic E-state index is 6.50. The molecule has 2 saturated heterocycles. The third-order valence-electron chi connectivity index (χ3n) is 4.22.